The Hall–Kier alpha value is -4.41. The summed E-state index contributed by atoms with van der Waals surface area (Å²) in [6, 6.07) is 10.5. The van der Waals surface area contributed by atoms with Crippen molar-refractivity contribution in [3.8, 4) is 0 Å². The number of anilines is 3. The first-order chi connectivity index (χ1) is 17.4. The molecule has 0 aliphatic carbocycles. The van der Waals surface area contributed by atoms with Crippen LogP contribution in [0.5, 0.6) is 0 Å². The number of nitrogens with zero attached hydrogens (tertiary/aromatic N) is 3. The maximum absolute atomic E-state index is 14.2. The van der Waals surface area contributed by atoms with E-state index in [4.69, 9.17) is 4.42 Å². The van der Waals surface area contributed by atoms with Gasteiger partial charge in [-0.15, -0.1) is 0 Å². The lowest BCUT2D eigenvalue weighted by molar-refractivity contribution is -0.131. The summed E-state index contributed by atoms with van der Waals surface area (Å²) in [4.78, 5) is 45.4. The van der Waals surface area contributed by atoms with Gasteiger partial charge in [-0.1, -0.05) is 6.07 Å². The second-order valence-electron chi connectivity index (χ2n) is 8.23. The van der Waals surface area contributed by atoms with Gasteiger partial charge in [0.1, 0.15) is 17.4 Å². The van der Waals surface area contributed by atoms with Crippen molar-refractivity contribution < 1.29 is 23.2 Å². The Morgan fingerprint density at radius 2 is 1.86 bits per heavy atom. The minimum Gasteiger partial charge on any atom is -0.469 e. The van der Waals surface area contributed by atoms with Crippen molar-refractivity contribution in [3.05, 3.63) is 72.1 Å². The molecule has 188 valence electrons. The van der Waals surface area contributed by atoms with Gasteiger partial charge in [-0.25, -0.2) is 14.2 Å². The summed E-state index contributed by atoms with van der Waals surface area (Å²) in [5, 5.41) is 7.68. The molecular weight excluding hydrogens is 467 g/mol. The fraction of sp³-hybridized carbons (Fsp3) is 0.280. The third kappa shape index (κ3) is 6.17. The van der Waals surface area contributed by atoms with Crippen LogP contribution in [0.4, 0.5) is 26.4 Å². The predicted molar refractivity (Wildman–Crippen MR) is 132 cm³/mol. The quantitative estimate of drug-likeness (QED) is 0.464. The zero-order chi connectivity index (χ0) is 25.5. The van der Waals surface area contributed by atoms with Crippen LogP contribution < -0.4 is 20.9 Å². The maximum atomic E-state index is 14.2. The molecule has 0 radical (unpaired) electrons. The van der Waals surface area contributed by atoms with Crippen molar-refractivity contribution in [1.82, 2.24) is 15.2 Å². The number of amides is 4. The molecule has 1 saturated heterocycles. The fourth-order valence-corrected chi connectivity index (χ4v) is 3.85. The molecule has 0 atom stereocenters. The normalized spacial score (nSPS) is 13.3. The number of benzene rings is 1. The number of pyridine rings is 1. The number of aryl methyl sites for hydroxylation is 1. The number of nitrogens with one attached hydrogen (secondary N) is 3. The Labute approximate surface area is 207 Å². The van der Waals surface area contributed by atoms with Crippen molar-refractivity contribution in [2.24, 2.45) is 0 Å². The van der Waals surface area contributed by atoms with Gasteiger partial charge >= 0.3 is 6.03 Å². The maximum Gasteiger partial charge on any atom is 0.319 e. The van der Waals surface area contributed by atoms with Crippen LogP contribution in [0.1, 0.15) is 22.5 Å². The highest BCUT2D eigenvalue weighted by atomic mass is 19.1. The van der Waals surface area contributed by atoms with Gasteiger partial charge in [-0.3, -0.25) is 9.59 Å². The highest BCUT2D eigenvalue weighted by Gasteiger charge is 2.21. The SMILES string of the molecule is Cc1occc1C(=O)Nc1cc(NC(=O)NCCC(=O)N2CCN(c3ccccn3)CC2)ccc1F. The van der Waals surface area contributed by atoms with E-state index < -0.39 is 17.8 Å². The third-order valence-corrected chi connectivity index (χ3v) is 5.81. The molecule has 1 fully saturated rings. The molecule has 0 spiro atoms. The Balaban J connectivity index is 1.21. The Kier molecular flexibility index (Phi) is 7.79. The van der Waals surface area contributed by atoms with Gasteiger partial charge in [-0.05, 0) is 43.3 Å². The number of carbonyl (C=O) groups excluding carboxylic acids is 3. The molecule has 11 heteroatoms. The monoisotopic (exact) mass is 494 g/mol. The number of furan rings is 1. The molecule has 0 bridgehead atoms. The molecule has 1 aliphatic rings. The molecular formula is C25H27FN6O4. The summed E-state index contributed by atoms with van der Waals surface area (Å²) < 4.78 is 19.3. The van der Waals surface area contributed by atoms with E-state index in [1.54, 1.807) is 18.0 Å². The number of hydrogen-bond acceptors (Lipinski definition) is 6. The highest BCUT2D eigenvalue weighted by molar-refractivity contribution is 6.05. The van der Waals surface area contributed by atoms with Crippen molar-refractivity contribution >= 4 is 35.0 Å². The average Bonchev–Trinajstić information content (AvgIpc) is 3.32. The average molecular weight is 495 g/mol. The van der Waals surface area contributed by atoms with Gasteiger partial charge in [0.2, 0.25) is 5.91 Å². The topological polar surface area (TPSA) is 120 Å². The second kappa shape index (κ2) is 11.3. The summed E-state index contributed by atoms with van der Waals surface area (Å²) in [7, 11) is 0. The molecule has 0 unspecified atom stereocenters. The summed E-state index contributed by atoms with van der Waals surface area (Å²) >= 11 is 0. The van der Waals surface area contributed by atoms with Crippen molar-refractivity contribution in [1.29, 1.82) is 0 Å². The summed E-state index contributed by atoms with van der Waals surface area (Å²) in [6.07, 6.45) is 3.27. The lowest BCUT2D eigenvalue weighted by Crippen LogP contribution is -2.49. The van der Waals surface area contributed by atoms with Crippen LogP contribution in [0, 0.1) is 12.7 Å². The van der Waals surface area contributed by atoms with Gasteiger partial charge in [-0.2, -0.15) is 0 Å². The van der Waals surface area contributed by atoms with Gasteiger partial charge in [0, 0.05) is 51.0 Å². The second-order valence-corrected chi connectivity index (χ2v) is 8.23. The zero-order valence-electron chi connectivity index (χ0n) is 19.8. The Morgan fingerprint density at radius 3 is 2.56 bits per heavy atom. The number of halogens is 1. The van der Waals surface area contributed by atoms with Crippen molar-refractivity contribution in [2.75, 3.05) is 48.3 Å². The van der Waals surface area contributed by atoms with E-state index in [0.29, 0.717) is 31.9 Å². The van der Waals surface area contributed by atoms with Crippen LogP contribution in [-0.4, -0.2) is 60.5 Å². The highest BCUT2D eigenvalue weighted by Crippen LogP contribution is 2.21. The van der Waals surface area contributed by atoms with E-state index in [2.05, 4.69) is 25.8 Å². The molecule has 4 rings (SSSR count). The molecule has 36 heavy (non-hydrogen) atoms. The molecule has 1 aromatic carbocycles. The molecule has 4 amide bonds. The van der Waals surface area contributed by atoms with Gasteiger partial charge < -0.3 is 30.2 Å². The smallest absolute Gasteiger partial charge is 0.319 e. The predicted octanol–water partition coefficient (Wildman–Crippen LogP) is 3.23. The minimum absolute atomic E-state index is 0.0442. The number of urea groups is 1. The Bertz CT molecular complexity index is 1220. The van der Waals surface area contributed by atoms with E-state index in [1.807, 2.05) is 18.2 Å². The summed E-state index contributed by atoms with van der Waals surface area (Å²) in [5.74, 6) is 0.0804. The van der Waals surface area contributed by atoms with E-state index in [0.717, 1.165) is 11.9 Å². The van der Waals surface area contributed by atoms with Crippen LogP contribution in [0.15, 0.2) is 59.3 Å². The van der Waals surface area contributed by atoms with Gasteiger partial charge in [0.25, 0.3) is 5.91 Å². The van der Waals surface area contributed by atoms with E-state index in [1.165, 1.54) is 24.5 Å². The molecule has 0 saturated carbocycles. The first-order valence-electron chi connectivity index (χ1n) is 11.5. The number of piperazine rings is 1. The van der Waals surface area contributed by atoms with Gasteiger partial charge in [0.15, 0.2) is 0 Å². The van der Waals surface area contributed by atoms with Crippen molar-refractivity contribution in [2.45, 2.75) is 13.3 Å². The van der Waals surface area contributed by atoms with Gasteiger partial charge in [0.05, 0.1) is 17.5 Å². The third-order valence-electron chi connectivity index (χ3n) is 5.81. The van der Waals surface area contributed by atoms with Crippen LogP contribution in [0.3, 0.4) is 0 Å². The van der Waals surface area contributed by atoms with Crippen LogP contribution in [-0.2, 0) is 4.79 Å². The largest absolute Gasteiger partial charge is 0.469 e. The lowest BCUT2D eigenvalue weighted by Gasteiger charge is -2.35. The number of rotatable bonds is 7. The Morgan fingerprint density at radius 1 is 1.06 bits per heavy atom. The van der Waals surface area contributed by atoms with Crippen LogP contribution >= 0.6 is 0 Å². The minimum atomic E-state index is -0.649. The van der Waals surface area contributed by atoms with Crippen molar-refractivity contribution in [3.63, 3.8) is 0 Å². The molecule has 3 N–H and O–H groups in total. The summed E-state index contributed by atoms with van der Waals surface area (Å²) in [6.45, 7) is 4.34. The van der Waals surface area contributed by atoms with E-state index in [9.17, 15) is 18.8 Å². The standard InChI is InChI=1S/C25H27FN6O4/c1-17-19(8-15-36-17)24(34)30-21-16-18(5-6-20(21)26)29-25(35)28-10-7-23(33)32-13-11-31(12-14-32)22-4-2-3-9-27-22/h2-6,8-9,15-16H,7,10-14H2,1H3,(H,30,34)(H2,28,29,35). The van der Waals surface area contributed by atoms with E-state index >= 15 is 0 Å². The first kappa shape index (κ1) is 24.7. The molecule has 10 nitrogen and oxygen atoms in total. The molecule has 3 heterocycles. The van der Waals surface area contributed by atoms with Crippen LogP contribution in [0.2, 0.25) is 0 Å². The summed E-state index contributed by atoms with van der Waals surface area (Å²) in [5.41, 5.74) is 0.483. The molecule has 3 aromatic rings. The zero-order valence-corrected chi connectivity index (χ0v) is 19.8. The molecule has 2 aromatic heterocycles. The molecule has 1 aliphatic heterocycles. The number of carbonyl (C=O) groups is 3. The fourth-order valence-electron chi connectivity index (χ4n) is 3.85. The lowest BCUT2D eigenvalue weighted by atomic mass is 10.2. The number of hydrogen-bond donors (Lipinski definition) is 3. The number of aromatic nitrogens is 1. The first-order valence-corrected chi connectivity index (χ1v) is 11.5. The van der Waals surface area contributed by atoms with Crippen LogP contribution in [0.25, 0.3) is 0 Å². The van der Waals surface area contributed by atoms with E-state index in [-0.39, 0.29) is 35.8 Å².